The van der Waals surface area contributed by atoms with Crippen LogP contribution in [0.3, 0.4) is 0 Å². The Morgan fingerprint density at radius 2 is 1.93 bits per heavy atom. The number of hydrogen-bond acceptors (Lipinski definition) is 4. The number of aromatic nitrogens is 2. The number of carbonyl (C=O) groups is 1. The van der Waals surface area contributed by atoms with Gasteiger partial charge in [-0.1, -0.05) is 18.2 Å². The quantitative estimate of drug-likeness (QED) is 0.631. The number of imidazole rings is 1. The Hall–Kier alpha value is -3.03. The molecule has 2 heterocycles. The van der Waals surface area contributed by atoms with Gasteiger partial charge in [0.25, 0.3) is 0 Å². The van der Waals surface area contributed by atoms with Crippen LogP contribution in [0.1, 0.15) is 19.4 Å². The maximum absolute atomic E-state index is 11.9. The second-order valence-electron chi connectivity index (χ2n) is 6.44. The predicted octanol–water partition coefficient (Wildman–Crippen LogP) is 2.11. The number of carbonyl (C=O) groups excluding carboxylic acids is 1. The van der Waals surface area contributed by atoms with E-state index in [1.807, 2.05) is 29.8 Å². The van der Waals surface area contributed by atoms with E-state index in [0.29, 0.717) is 26.2 Å². The number of para-hydroxylation sites is 1. The second kappa shape index (κ2) is 9.77. The normalized spacial score (nSPS) is 14.9. The minimum Gasteiger partial charge on any atom is -0.450 e. The molecule has 1 aromatic heterocycles. The van der Waals surface area contributed by atoms with Crippen LogP contribution in [0.15, 0.2) is 48.0 Å². The third kappa shape index (κ3) is 4.82. The molecule has 3 rings (SSSR count). The number of rotatable bonds is 5. The summed E-state index contributed by atoms with van der Waals surface area (Å²) < 4.78 is 7.09. The highest BCUT2D eigenvalue weighted by Crippen LogP contribution is 2.15. The molecule has 0 spiro atoms. The summed E-state index contributed by atoms with van der Waals surface area (Å²) in [5, 5.41) is 3.37. The molecule has 150 valence electrons. The van der Waals surface area contributed by atoms with E-state index in [2.05, 4.69) is 34.3 Å². The number of guanidine groups is 1. The van der Waals surface area contributed by atoms with Gasteiger partial charge < -0.3 is 24.4 Å². The summed E-state index contributed by atoms with van der Waals surface area (Å²) >= 11 is 0. The molecule has 0 saturated carbocycles. The van der Waals surface area contributed by atoms with E-state index in [1.54, 1.807) is 17.4 Å². The molecule has 1 aliphatic rings. The molecule has 1 aromatic carbocycles. The maximum Gasteiger partial charge on any atom is 0.409 e. The van der Waals surface area contributed by atoms with Crippen LogP contribution in [0.5, 0.6) is 0 Å². The number of aliphatic imine (C=N–C) groups is 1. The lowest BCUT2D eigenvalue weighted by atomic mass is 10.2. The van der Waals surface area contributed by atoms with Crippen LogP contribution in [0.25, 0.3) is 5.69 Å². The molecular weight excluding hydrogens is 356 g/mol. The third-order valence-electron chi connectivity index (χ3n) is 4.61. The number of nitrogens with zero attached hydrogens (tertiary/aromatic N) is 5. The van der Waals surface area contributed by atoms with Crippen LogP contribution in [0, 0.1) is 0 Å². The molecule has 0 radical (unpaired) electrons. The first-order chi connectivity index (χ1) is 13.7. The van der Waals surface area contributed by atoms with Crippen LogP contribution in [-0.4, -0.2) is 70.7 Å². The van der Waals surface area contributed by atoms with Gasteiger partial charge in [0.05, 0.1) is 25.2 Å². The molecule has 2 aromatic rings. The number of benzene rings is 1. The van der Waals surface area contributed by atoms with Gasteiger partial charge in [-0.05, 0) is 25.5 Å². The van der Waals surface area contributed by atoms with Gasteiger partial charge in [-0.3, -0.25) is 0 Å². The zero-order chi connectivity index (χ0) is 19.8. The molecule has 0 unspecified atom stereocenters. The first kappa shape index (κ1) is 19.7. The van der Waals surface area contributed by atoms with Gasteiger partial charge in [-0.2, -0.15) is 0 Å². The smallest absolute Gasteiger partial charge is 0.409 e. The summed E-state index contributed by atoms with van der Waals surface area (Å²) in [6, 6.07) is 8.19. The van der Waals surface area contributed by atoms with Gasteiger partial charge in [0.2, 0.25) is 0 Å². The molecule has 0 atom stereocenters. The Balaban J connectivity index is 1.69. The molecular formula is C20H28N6O2. The van der Waals surface area contributed by atoms with E-state index < -0.39 is 0 Å². The molecule has 1 N–H and O–H groups in total. The van der Waals surface area contributed by atoms with E-state index in [0.717, 1.165) is 36.8 Å². The van der Waals surface area contributed by atoms with E-state index in [9.17, 15) is 4.79 Å². The summed E-state index contributed by atoms with van der Waals surface area (Å²) in [7, 11) is 0. The summed E-state index contributed by atoms with van der Waals surface area (Å²) in [6.07, 6.45) is 5.26. The van der Waals surface area contributed by atoms with Crippen molar-refractivity contribution in [3.63, 3.8) is 0 Å². The Morgan fingerprint density at radius 3 is 2.61 bits per heavy atom. The highest BCUT2D eigenvalue weighted by molar-refractivity contribution is 5.80. The molecule has 8 heteroatoms. The van der Waals surface area contributed by atoms with Crippen molar-refractivity contribution < 1.29 is 9.53 Å². The first-order valence-corrected chi connectivity index (χ1v) is 9.74. The van der Waals surface area contributed by atoms with Crippen LogP contribution in [0.4, 0.5) is 4.79 Å². The van der Waals surface area contributed by atoms with E-state index in [-0.39, 0.29) is 6.09 Å². The summed E-state index contributed by atoms with van der Waals surface area (Å²) in [6.45, 7) is 8.37. The summed E-state index contributed by atoms with van der Waals surface area (Å²) in [4.78, 5) is 24.8. The minimum absolute atomic E-state index is 0.238. The zero-order valence-corrected chi connectivity index (χ0v) is 16.5. The fraction of sp³-hybridized carbons (Fsp3) is 0.450. The van der Waals surface area contributed by atoms with Crippen molar-refractivity contribution in [1.29, 1.82) is 0 Å². The molecule has 1 aliphatic heterocycles. The lowest BCUT2D eigenvalue weighted by Crippen LogP contribution is -2.53. The average molecular weight is 384 g/mol. The molecule has 1 amide bonds. The Labute approximate surface area is 165 Å². The largest absolute Gasteiger partial charge is 0.450 e. The van der Waals surface area contributed by atoms with Gasteiger partial charge >= 0.3 is 6.09 Å². The minimum atomic E-state index is -0.238. The van der Waals surface area contributed by atoms with Crippen molar-refractivity contribution in [2.75, 3.05) is 39.3 Å². The fourth-order valence-corrected chi connectivity index (χ4v) is 3.20. The van der Waals surface area contributed by atoms with Crippen molar-refractivity contribution in [3.8, 4) is 5.69 Å². The van der Waals surface area contributed by atoms with Crippen molar-refractivity contribution in [3.05, 3.63) is 48.5 Å². The Morgan fingerprint density at radius 1 is 1.18 bits per heavy atom. The van der Waals surface area contributed by atoms with Gasteiger partial charge in [0, 0.05) is 45.1 Å². The number of hydrogen-bond donors (Lipinski definition) is 1. The van der Waals surface area contributed by atoms with E-state index >= 15 is 0 Å². The molecule has 8 nitrogen and oxygen atoms in total. The average Bonchev–Trinajstić information content (AvgIpc) is 3.26. The van der Waals surface area contributed by atoms with Gasteiger partial charge in [-0.15, -0.1) is 0 Å². The Kier molecular flexibility index (Phi) is 6.89. The topological polar surface area (TPSA) is 75.0 Å². The van der Waals surface area contributed by atoms with Crippen molar-refractivity contribution in [2.45, 2.75) is 20.4 Å². The second-order valence-corrected chi connectivity index (χ2v) is 6.44. The molecule has 1 fully saturated rings. The number of amides is 1. The van der Waals surface area contributed by atoms with Crippen molar-refractivity contribution >= 4 is 12.1 Å². The van der Waals surface area contributed by atoms with E-state index in [4.69, 9.17) is 9.73 Å². The number of piperazine rings is 1. The van der Waals surface area contributed by atoms with Crippen LogP contribution < -0.4 is 5.32 Å². The maximum atomic E-state index is 11.9. The first-order valence-electron chi connectivity index (χ1n) is 9.74. The summed E-state index contributed by atoms with van der Waals surface area (Å²) in [5.41, 5.74) is 2.20. The van der Waals surface area contributed by atoms with Crippen LogP contribution in [-0.2, 0) is 11.3 Å². The molecule has 0 bridgehead atoms. The van der Waals surface area contributed by atoms with E-state index in [1.165, 1.54) is 0 Å². The molecule has 0 aliphatic carbocycles. The van der Waals surface area contributed by atoms with Gasteiger partial charge in [0.1, 0.15) is 0 Å². The molecule has 1 saturated heterocycles. The lowest BCUT2D eigenvalue weighted by Gasteiger charge is -2.35. The van der Waals surface area contributed by atoms with Gasteiger partial charge in [0.15, 0.2) is 5.96 Å². The predicted molar refractivity (Wildman–Crippen MR) is 109 cm³/mol. The fourth-order valence-electron chi connectivity index (χ4n) is 3.20. The van der Waals surface area contributed by atoms with Gasteiger partial charge in [-0.25, -0.2) is 14.8 Å². The Bertz CT molecular complexity index is 782. The highest BCUT2D eigenvalue weighted by atomic mass is 16.6. The highest BCUT2D eigenvalue weighted by Gasteiger charge is 2.23. The monoisotopic (exact) mass is 384 g/mol. The van der Waals surface area contributed by atoms with Crippen LogP contribution >= 0.6 is 0 Å². The lowest BCUT2D eigenvalue weighted by molar-refractivity contribution is 0.0914. The summed E-state index contributed by atoms with van der Waals surface area (Å²) in [5.74, 6) is 0.867. The zero-order valence-electron chi connectivity index (χ0n) is 16.5. The number of nitrogens with one attached hydrogen (secondary N) is 1. The number of ether oxygens (including phenoxy) is 1. The van der Waals surface area contributed by atoms with Crippen molar-refractivity contribution in [1.82, 2.24) is 24.7 Å². The standard InChI is InChI=1S/C20H28N6O2/c1-3-22-19(24-11-13-25(14-12-24)20(27)28-4-2)23-15-17-7-5-6-8-18(17)26-10-9-21-16-26/h5-10,16H,3-4,11-15H2,1-2H3,(H,22,23). The van der Waals surface area contributed by atoms with Crippen LogP contribution in [0.2, 0.25) is 0 Å². The molecule has 28 heavy (non-hydrogen) atoms. The van der Waals surface area contributed by atoms with Crippen molar-refractivity contribution in [2.24, 2.45) is 4.99 Å². The third-order valence-corrected chi connectivity index (χ3v) is 4.61. The SMILES string of the molecule is CCNC(=NCc1ccccc1-n1ccnc1)N1CCN(C(=O)OCC)CC1.